The van der Waals surface area contributed by atoms with Gasteiger partial charge in [0.05, 0.1) is 6.61 Å². The minimum atomic E-state index is -1.45. The third-order valence-electron chi connectivity index (χ3n) is 2.28. The summed E-state index contributed by atoms with van der Waals surface area (Å²) in [6.07, 6.45) is 3.95. The number of ether oxygens (including phenoxy) is 1. The Hall–Kier alpha value is -1.39. The van der Waals surface area contributed by atoms with E-state index >= 15 is 0 Å². The molecular formula is C15H22O3Si. The minimum Gasteiger partial charge on any atom is -0.462 e. The maximum Gasteiger partial charge on any atom is 0.330 e. The van der Waals surface area contributed by atoms with E-state index in [-0.39, 0.29) is 5.97 Å². The molecule has 1 aromatic rings. The number of benzene rings is 1. The molecule has 0 saturated carbocycles. The molecule has 0 aliphatic heterocycles. The predicted molar refractivity (Wildman–Crippen MR) is 80.4 cm³/mol. The average Bonchev–Trinajstić information content (AvgIpc) is 2.36. The van der Waals surface area contributed by atoms with Gasteiger partial charge in [0.1, 0.15) is 0 Å². The Kier molecular flexibility index (Phi) is 6.52. The molecule has 0 N–H and O–H groups in total. The Morgan fingerprint density at radius 2 is 1.84 bits per heavy atom. The Morgan fingerprint density at radius 1 is 1.16 bits per heavy atom. The van der Waals surface area contributed by atoms with Crippen molar-refractivity contribution in [2.75, 3.05) is 13.2 Å². The van der Waals surface area contributed by atoms with Crippen molar-refractivity contribution >= 4 is 20.4 Å². The van der Waals surface area contributed by atoms with Gasteiger partial charge in [0, 0.05) is 19.1 Å². The van der Waals surface area contributed by atoms with E-state index in [2.05, 4.69) is 19.6 Å². The Balaban J connectivity index is 2.17. The Morgan fingerprint density at radius 3 is 2.47 bits per heavy atom. The van der Waals surface area contributed by atoms with Gasteiger partial charge in [0.15, 0.2) is 8.32 Å². The van der Waals surface area contributed by atoms with E-state index < -0.39 is 8.32 Å². The summed E-state index contributed by atoms with van der Waals surface area (Å²) >= 11 is 0. The molecule has 0 heterocycles. The van der Waals surface area contributed by atoms with Gasteiger partial charge in [-0.05, 0) is 31.3 Å². The standard InChI is InChI=1S/C15H22O3Si/c1-19(2,3)18-13-7-12-17-15(16)11-10-14-8-5-4-6-9-14/h4-6,8-11H,7,12-13H2,1-3H3. The summed E-state index contributed by atoms with van der Waals surface area (Å²) in [7, 11) is -1.45. The summed E-state index contributed by atoms with van der Waals surface area (Å²) in [5, 5.41) is 0. The first-order valence-corrected chi connectivity index (χ1v) is 9.92. The zero-order valence-electron chi connectivity index (χ0n) is 11.9. The fourth-order valence-corrected chi connectivity index (χ4v) is 2.14. The van der Waals surface area contributed by atoms with Gasteiger partial charge >= 0.3 is 5.97 Å². The highest BCUT2D eigenvalue weighted by atomic mass is 28.4. The number of carbonyl (C=O) groups is 1. The normalized spacial score (nSPS) is 11.7. The van der Waals surface area contributed by atoms with Crippen molar-refractivity contribution in [3.05, 3.63) is 42.0 Å². The first-order chi connectivity index (χ1) is 8.97. The molecule has 0 unspecified atom stereocenters. The van der Waals surface area contributed by atoms with Crippen molar-refractivity contribution in [2.24, 2.45) is 0 Å². The third-order valence-corrected chi connectivity index (χ3v) is 3.35. The summed E-state index contributed by atoms with van der Waals surface area (Å²) < 4.78 is 10.8. The van der Waals surface area contributed by atoms with Gasteiger partial charge in [-0.2, -0.15) is 0 Å². The molecule has 0 amide bonds. The van der Waals surface area contributed by atoms with Gasteiger partial charge < -0.3 is 9.16 Å². The van der Waals surface area contributed by atoms with Gasteiger partial charge in [-0.25, -0.2) is 4.79 Å². The number of hydrogen-bond donors (Lipinski definition) is 0. The molecule has 1 rings (SSSR count). The molecule has 0 atom stereocenters. The molecule has 4 heteroatoms. The van der Waals surface area contributed by atoms with Gasteiger partial charge in [-0.15, -0.1) is 0 Å². The van der Waals surface area contributed by atoms with Gasteiger partial charge in [0.2, 0.25) is 0 Å². The highest BCUT2D eigenvalue weighted by Crippen LogP contribution is 2.03. The zero-order valence-corrected chi connectivity index (χ0v) is 12.9. The zero-order chi connectivity index (χ0) is 14.1. The van der Waals surface area contributed by atoms with Crippen LogP contribution < -0.4 is 0 Å². The van der Waals surface area contributed by atoms with Crippen LogP contribution in [0.2, 0.25) is 19.6 Å². The van der Waals surface area contributed by atoms with Crippen LogP contribution in [0.5, 0.6) is 0 Å². The highest BCUT2D eigenvalue weighted by Gasteiger charge is 2.13. The molecule has 1 aromatic carbocycles. The molecular weight excluding hydrogens is 256 g/mol. The van der Waals surface area contributed by atoms with Crippen LogP contribution in [-0.4, -0.2) is 27.5 Å². The lowest BCUT2D eigenvalue weighted by Crippen LogP contribution is -2.26. The smallest absolute Gasteiger partial charge is 0.330 e. The molecule has 104 valence electrons. The molecule has 0 aliphatic rings. The first-order valence-electron chi connectivity index (χ1n) is 6.51. The lowest BCUT2D eigenvalue weighted by Gasteiger charge is -2.16. The average molecular weight is 278 g/mol. The summed E-state index contributed by atoms with van der Waals surface area (Å²) in [4.78, 5) is 11.4. The SMILES string of the molecule is C[Si](C)(C)OCCCOC(=O)C=Cc1ccccc1. The molecule has 0 saturated heterocycles. The van der Waals surface area contributed by atoms with Gasteiger partial charge in [-0.3, -0.25) is 0 Å². The molecule has 19 heavy (non-hydrogen) atoms. The Labute approximate surface area is 116 Å². The van der Waals surface area contributed by atoms with Crippen molar-refractivity contribution in [2.45, 2.75) is 26.1 Å². The monoisotopic (exact) mass is 278 g/mol. The predicted octanol–water partition coefficient (Wildman–Crippen LogP) is 3.48. The second-order valence-corrected chi connectivity index (χ2v) is 9.74. The van der Waals surface area contributed by atoms with Crippen molar-refractivity contribution in [1.29, 1.82) is 0 Å². The van der Waals surface area contributed by atoms with Crippen molar-refractivity contribution in [3.8, 4) is 0 Å². The highest BCUT2D eigenvalue weighted by molar-refractivity contribution is 6.69. The van der Waals surface area contributed by atoms with E-state index in [9.17, 15) is 4.79 Å². The lowest BCUT2D eigenvalue weighted by atomic mass is 10.2. The van der Waals surface area contributed by atoms with Gasteiger partial charge in [0.25, 0.3) is 0 Å². The fourth-order valence-electron chi connectivity index (χ4n) is 1.39. The summed E-state index contributed by atoms with van der Waals surface area (Å²) in [5.41, 5.74) is 0.988. The third kappa shape index (κ3) is 8.34. The van der Waals surface area contributed by atoms with E-state index in [0.717, 1.165) is 12.0 Å². The van der Waals surface area contributed by atoms with E-state index in [0.29, 0.717) is 13.2 Å². The topological polar surface area (TPSA) is 35.5 Å². The van der Waals surface area contributed by atoms with Crippen LogP contribution in [0.4, 0.5) is 0 Å². The summed E-state index contributed by atoms with van der Waals surface area (Å²) in [6.45, 7) is 7.48. The number of esters is 1. The van der Waals surface area contributed by atoms with Crippen LogP contribution >= 0.6 is 0 Å². The number of rotatable bonds is 7. The van der Waals surface area contributed by atoms with E-state index in [1.165, 1.54) is 6.08 Å². The maximum atomic E-state index is 11.4. The van der Waals surface area contributed by atoms with Crippen molar-refractivity contribution in [3.63, 3.8) is 0 Å². The number of hydrogen-bond acceptors (Lipinski definition) is 3. The largest absolute Gasteiger partial charge is 0.462 e. The second-order valence-electron chi connectivity index (χ2n) is 5.23. The van der Waals surface area contributed by atoms with Crippen LogP contribution in [0.1, 0.15) is 12.0 Å². The molecule has 0 fully saturated rings. The minimum absolute atomic E-state index is 0.308. The quantitative estimate of drug-likeness (QED) is 0.331. The van der Waals surface area contributed by atoms with E-state index in [1.807, 2.05) is 30.3 Å². The lowest BCUT2D eigenvalue weighted by molar-refractivity contribution is -0.137. The van der Waals surface area contributed by atoms with Gasteiger partial charge in [-0.1, -0.05) is 30.3 Å². The fraction of sp³-hybridized carbons (Fsp3) is 0.400. The van der Waals surface area contributed by atoms with E-state index in [1.54, 1.807) is 6.08 Å². The summed E-state index contributed by atoms with van der Waals surface area (Å²) in [6, 6.07) is 9.67. The molecule has 0 aliphatic carbocycles. The summed E-state index contributed by atoms with van der Waals surface area (Å²) in [5.74, 6) is -0.308. The first kappa shape index (κ1) is 15.7. The van der Waals surface area contributed by atoms with Crippen molar-refractivity contribution in [1.82, 2.24) is 0 Å². The molecule has 3 nitrogen and oxygen atoms in total. The molecule has 0 bridgehead atoms. The van der Waals surface area contributed by atoms with Crippen LogP contribution in [0.3, 0.4) is 0 Å². The molecule has 0 radical (unpaired) electrons. The van der Waals surface area contributed by atoms with Crippen LogP contribution in [0.25, 0.3) is 6.08 Å². The molecule has 0 aromatic heterocycles. The van der Waals surface area contributed by atoms with Crippen molar-refractivity contribution < 1.29 is 14.0 Å². The van der Waals surface area contributed by atoms with Crippen LogP contribution in [-0.2, 0) is 14.0 Å². The van der Waals surface area contributed by atoms with Crippen LogP contribution in [0, 0.1) is 0 Å². The Bertz CT molecular complexity index is 407. The maximum absolute atomic E-state index is 11.4. The van der Waals surface area contributed by atoms with Crippen LogP contribution in [0.15, 0.2) is 36.4 Å². The molecule has 0 spiro atoms. The number of carbonyl (C=O) groups excluding carboxylic acids is 1. The van der Waals surface area contributed by atoms with E-state index in [4.69, 9.17) is 9.16 Å². The second kappa shape index (κ2) is 7.91.